The molecular formula is C28H33ClN2O6. The normalized spacial score (nSPS) is 34.0. The van der Waals surface area contributed by atoms with Gasteiger partial charge in [-0.25, -0.2) is 0 Å². The lowest BCUT2D eigenvalue weighted by Gasteiger charge is -2.42. The van der Waals surface area contributed by atoms with Gasteiger partial charge < -0.3 is 24.4 Å². The van der Waals surface area contributed by atoms with Crippen molar-refractivity contribution in [2.24, 2.45) is 17.8 Å². The van der Waals surface area contributed by atoms with Gasteiger partial charge in [0.05, 0.1) is 35.9 Å². The largest absolute Gasteiger partial charge is 0.465 e. The number of fused-ring (bicyclic) bond motifs is 2. The molecule has 1 unspecified atom stereocenters. The first-order valence-electron chi connectivity index (χ1n) is 12.9. The average molecular weight is 529 g/mol. The first-order valence-corrected chi connectivity index (χ1v) is 13.3. The lowest BCUT2D eigenvalue weighted by Crippen LogP contribution is -2.60. The molecular weight excluding hydrogens is 496 g/mol. The molecule has 4 heterocycles. The van der Waals surface area contributed by atoms with Crippen LogP contribution in [0, 0.1) is 17.8 Å². The van der Waals surface area contributed by atoms with Gasteiger partial charge in [0.2, 0.25) is 5.91 Å². The molecule has 2 saturated heterocycles. The highest BCUT2D eigenvalue weighted by Gasteiger charge is 2.76. The van der Waals surface area contributed by atoms with Crippen molar-refractivity contribution in [2.45, 2.75) is 56.9 Å². The fourth-order valence-electron chi connectivity index (χ4n) is 6.53. The van der Waals surface area contributed by atoms with E-state index >= 15 is 0 Å². The number of ether oxygens (including phenoxy) is 2. The molecule has 0 saturated carbocycles. The number of halogens is 1. The monoisotopic (exact) mass is 528 g/mol. The molecule has 5 rings (SSSR count). The lowest BCUT2D eigenvalue weighted by molar-refractivity contribution is -0.162. The second kappa shape index (κ2) is 9.57. The van der Waals surface area contributed by atoms with Crippen molar-refractivity contribution in [3.63, 3.8) is 0 Å². The fourth-order valence-corrected chi connectivity index (χ4v) is 6.77. The van der Waals surface area contributed by atoms with Gasteiger partial charge in [-0.3, -0.25) is 14.4 Å². The van der Waals surface area contributed by atoms with Crippen molar-refractivity contribution in [2.75, 3.05) is 24.7 Å². The summed E-state index contributed by atoms with van der Waals surface area (Å²) in [5, 5.41) is 10.8. The third-order valence-corrected chi connectivity index (χ3v) is 8.62. The van der Waals surface area contributed by atoms with Crippen LogP contribution in [0.4, 0.5) is 5.69 Å². The van der Waals surface area contributed by atoms with E-state index in [-0.39, 0.29) is 37.5 Å². The van der Waals surface area contributed by atoms with Gasteiger partial charge in [0.25, 0.3) is 5.91 Å². The van der Waals surface area contributed by atoms with Crippen molar-refractivity contribution in [3.8, 4) is 0 Å². The summed E-state index contributed by atoms with van der Waals surface area (Å²) < 4.78 is 12.4. The molecule has 0 bridgehead atoms. The van der Waals surface area contributed by atoms with Crippen LogP contribution in [0.3, 0.4) is 0 Å². The van der Waals surface area contributed by atoms with Crippen LogP contribution in [0.1, 0.15) is 33.6 Å². The van der Waals surface area contributed by atoms with Crippen LogP contribution in [0.15, 0.2) is 48.6 Å². The summed E-state index contributed by atoms with van der Waals surface area (Å²) in [4.78, 5) is 45.3. The highest BCUT2D eigenvalue weighted by atomic mass is 35.5. The summed E-state index contributed by atoms with van der Waals surface area (Å²) in [6.45, 7) is 5.79. The number of carbonyl (C=O) groups excluding carboxylic acids is 3. The van der Waals surface area contributed by atoms with Gasteiger partial charge >= 0.3 is 5.97 Å². The zero-order valence-electron chi connectivity index (χ0n) is 21.3. The predicted molar refractivity (Wildman–Crippen MR) is 138 cm³/mol. The van der Waals surface area contributed by atoms with E-state index in [1.165, 1.54) is 4.90 Å². The van der Waals surface area contributed by atoms with Crippen LogP contribution in [0.25, 0.3) is 0 Å². The Hall–Kier alpha value is -2.68. The molecule has 4 aliphatic rings. The topological polar surface area (TPSA) is 96.4 Å². The number of aliphatic hydroxyl groups is 1. The number of anilines is 1. The van der Waals surface area contributed by atoms with Gasteiger partial charge in [-0.05, 0) is 30.9 Å². The van der Waals surface area contributed by atoms with E-state index in [0.29, 0.717) is 23.6 Å². The second-order valence-corrected chi connectivity index (χ2v) is 10.9. The molecule has 37 heavy (non-hydrogen) atoms. The van der Waals surface area contributed by atoms with Gasteiger partial charge in [0.1, 0.15) is 23.2 Å². The summed E-state index contributed by atoms with van der Waals surface area (Å²) in [5.41, 5.74) is -2.00. The molecule has 8 nitrogen and oxygen atoms in total. The highest BCUT2D eigenvalue weighted by molar-refractivity contribution is 6.34. The van der Waals surface area contributed by atoms with E-state index in [4.69, 9.17) is 21.1 Å². The molecule has 4 aliphatic heterocycles. The summed E-state index contributed by atoms with van der Waals surface area (Å²) >= 11 is 6.49. The molecule has 2 amide bonds. The zero-order valence-corrected chi connectivity index (χ0v) is 22.1. The minimum atomic E-state index is -1.42. The highest BCUT2D eigenvalue weighted by Crippen LogP contribution is 2.59. The standard InChI is InChI=1S/C28H33ClN2O6/c1-4-27-12-7-8-15-36-26(35)22(27)21-24(33)31(20(16-32)17(2)3)23-25(34)30(14-9-13-28(21,23)37-27)19-11-6-5-10-18(19)29/h5-7,9-13,17,20-23,32H,4,8,14-16H2,1-3H3/t20-,21-,22+,23?,27-,28-/m0/s1. The summed E-state index contributed by atoms with van der Waals surface area (Å²) in [6, 6.07) is 5.30. The maximum atomic E-state index is 14.5. The molecule has 198 valence electrons. The molecule has 0 radical (unpaired) electrons. The Balaban J connectivity index is 1.72. The number of aliphatic hydroxyl groups excluding tert-OH is 1. The summed E-state index contributed by atoms with van der Waals surface area (Å²) in [6.07, 6.45) is 8.35. The quantitative estimate of drug-likeness (QED) is 0.466. The first kappa shape index (κ1) is 25.9. The first-order chi connectivity index (χ1) is 17.7. The Morgan fingerprint density at radius 1 is 1.11 bits per heavy atom. The number of carbonyl (C=O) groups is 3. The van der Waals surface area contributed by atoms with Crippen LogP contribution in [0.2, 0.25) is 5.02 Å². The Kier molecular flexibility index (Phi) is 6.71. The van der Waals surface area contributed by atoms with Crippen molar-refractivity contribution < 1.29 is 29.0 Å². The second-order valence-electron chi connectivity index (χ2n) is 10.5. The lowest BCUT2D eigenvalue weighted by atomic mass is 9.73. The van der Waals surface area contributed by atoms with Crippen molar-refractivity contribution in [1.82, 2.24) is 4.90 Å². The SMILES string of the molecule is CC[C@]12C=CCCOC(=O)[C@H]1[C@H]1C(=O)N([C@@H](CO)C(C)C)C3C(=O)N(c4ccccc4Cl)CC=C[C@@]31O2. The Bertz CT molecular complexity index is 1170. The van der Waals surface area contributed by atoms with E-state index in [1.807, 2.05) is 39.0 Å². The van der Waals surface area contributed by atoms with Crippen LogP contribution in [0.5, 0.6) is 0 Å². The zero-order chi connectivity index (χ0) is 26.5. The van der Waals surface area contributed by atoms with Gasteiger partial charge in [-0.1, -0.05) is 68.8 Å². The van der Waals surface area contributed by atoms with Crippen LogP contribution in [-0.2, 0) is 23.9 Å². The Morgan fingerprint density at radius 3 is 2.54 bits per heavy atom. The fraction of sp³-hybridized carbons (Fsp3) is 0.536. The number of nitrogens with zero attached hydrogens (tertiary/aromatic N) is 2. The molecule has 9 heteroatoms. The van der Waals surface area contributed by atoms with Crippen LogP contribution < -0.4 is 4.90 Å². The molecule has 0 aliphatic carbocycles. The number of cyclic esters (lactones) is 1. The molecule has 1 aromatic carbocycles. The van der Waals surface area contributed by atoms with Crippen molar-refractivity contribution >= 4 is 35.1 Å². The summed E-state index contributed by atoms with van der Waals surface area (Å²) in [7, 11) is 0. The molecule has 1 spiro atoms. The van der Waals surface area contributed by atoms with Crippen LogP contribution in [-0.4, -0.2) is 70.8 Å². The predicted octanol–water partition coefficient (Wildman–Crippen LogP) is 3.12. The number of hydrogen-bond acceptors (Lipinski definition) is 6. The third kappa shape index (κ3) is 3.75. The number of benzene rings is 1. The molecule has 2 fully saturated rings. The number of esters is 1. The Labute approximate surface area is 221 Å². The maximum Gasteiger partial charge on any atom is 0.313 e. The third-order valence-electron chi connectivity index (χ3n) is 8.30. The number of amides is 2. The average Bonchev–Trinajstić information content (AvgIpc) is 3.21. The van der Waals surface area contributed by atoms with Crippen LogP contribution >= 0.6 is 11.6 Å². The smallest absolute Gasteiger partial charge is 0.313 e. The number of likely N-dealkylation sites (tertiary alicyclic amines) is 1. The maximum absolute atomic E-state index is 14.5. The van der Waals surface area contributed by atoms with Gasteiger partial charge in [0, 0.05) is 6.54 Å². The van der Waals surface area contributed by atoms with Gasteiger partial charge in [-0.2, -0.15) is 0 Å². The Morgan fingerprint density at radius 2 is 1.86 bits per heavy atom. The van der Waals surface area contributed by atoms with E-state index < -0.39 is 41.1 Å². The minimum Gasteiger partial charge on any atom is -0.465 e. The van der Waals surface area contributed by atoms with E-state index in [0.717, 1.165) is 0 Å². The van der Waals surface area contributed by atoms with Gasteiger partial charge in [0.15, 0.2) is 0 Å². The van der Waals surface area contributed by atoms with Gasteiger partial charge in [-0.15, -0.1) is 0 Å². The van der Waals surface area contributed by atoms with E-state index in [9.17, 15) is 19.5 Å². The molecule has 6 atom stereocenters. The molecule has 1 N–H and O–H groups in total. The van der Waals surface area contributed by atoms with Crippen molar-refractivity contribution in [1.29, 1.82) is 0 Å². The number of rotatable bonds is 5. The summed E-state index contributed by atoms with van der Waals surface area (Å²) in [5.74, 6) is -3.32. The number of para-hydroxylation sites is 1. The molecule has 1 aromatic rings. The number of hydrogen-bond donors (Lipinski definition) is 1. The van der Waals surface area contributed by atoms with E-state index in [2.05, 4.69) is 0 Å². The molecule has 0 aromatic heterocycles. The minimum absolute atomic E-state index is 0.154. The van der Waals surface area contributed by atoms with E-state index in [1.54, 1.807) is 35.2 Å². The van der Waals surface area contributed by atoms with Crippen molar-refractivity contribution in [3.05, 3.63) is 53.6 Å².